The van der Waals surface area contributed by atoms with Crippen LogP contribution in [0.15, 0.2) is 30.0 Å². The first kappa shape index (κ1) is 15.7. The summed E-state index contributed by atoms with van der Waals surface area (Å²) < 4.78 is 15.3. The van der Waals surface area contributed by atoms with Gasteiger partial charge in [0.2, 0.25) is 0 Å². The number of carbonyl (C=O) groups excluding carboxylic acids is 1. The molecule has 0 atom stereocenters. The minimum Gasteiger partial charge on any atom is -0.493 e. The van der Waals surface area contributed by atoms with Crippen molar-refractivity contribution in [3.63, 3.8) is 0 Å². The molecule has 1 aromatic carbocycles. The Kier molecular flexibility index (Phi) is 6.22. The summed E-state index contributed by atoms with van der Waals surface area (Å²) >= 11 is 0. The molecule has 0 aliphatic carbocycles. The third-order valence-corrected chi connectivity index (χ3v) is 2.62. The lowest BCUT2D eigenvalue weighted by Crippen LogP contribution is -2.04. The Balaban J connectivity index is 2.85. The number of carbonyl (C=O) groups is 1. The predicted octanol–water partition coefficient (Wildman–Crippen LogP) is 3.11. The maximum Gasteiger partial charge on any atom is 0.306 e. The molecular weight excluding hydrogens is 262 g/mol. The average molecular weight is 279 g/mol. The third kappa shape index (κ3) is 4.08. The summed E-state index contributed by atoms with van der Waals surface area (Å²) in [4.78, 5) is 22.2. The van der Waals surface area contributed by atoms with Gasteiger partial charge in [0.25, 0.3) is 0 Å². The number of rotatable bonds is 8. The second kappa shape index (κ2) is 7.93. The number of hydrogen-bond donors (Lipinski definition) is 0. The Morgan fingerprint density at radius 3 is 2.50 bits per heavy atom. The standard InChI is InChI=1S/C14H17NO5/c1-4-5-6-14(16)20-9-10-7-12(18-2)13(19-3)8-11(10)15-17/h4,7-8H,1,5-6,9H2,2-3H3. The fourth-order valence-electron chi connectivity index (χ4n) is 1.56. The molecule has 1 rings (SSSR count). The summed E-state index contributed by atoms with van der Waals surface area (Å²) in [6, 6.07) is 3.01. The monoisotopic (exact) mass is 279 g/mol. The summed E-state index contributed by atoms with van der Waals surface area (Å²) in [5, 5.41) is 2.90. The van der Waals surface area contributed by atoms with Crippen molar-refractivity contribution in [1.82, 2.24) is 0 Å². The van der Waals surface area contributed by atoms with E-state index in [2.05, 4.69) is 11.8 Å². The highest BCUT2D eigenvalue weighted by Gasteiger charge is 2.13. The summed E-state index contributed by atoms with van der Waals surface area (Å²) in [6.45, 7) is 3.48. The number of nitrogens with zero attached hydrogens (tertiary/aromatic N) is 1. The van der Waals surface area contributed by atoms with Crippen molar-refractivity contribution in [3.05, 3.63) is 35.3 Å². The van der Waals surface area contributed by atoms with Crippen LogP contribution in [0.4, 0.5) is 5.69 Å². The van der Waals surface area contributed by atoms with Gasteiger partial charge in [0.15, 0.2) is 11.5 Å². The van der Waals surface area contributed by atoms with E-state index in [-0.39, 0.29) is 24.7 Å². The van der Waals surface area contributed by atoms with Gasteiger partial charge >= 0.3 is 5.97 Å². The van der Waals surface area contributed by atoms with Gasteiger partial charge in [-0.15, -0.1) is 11.5 Å². The number of esters is 1. The number of ether oxygens (including phenoxy) is 3. The van der Waals surface area contributed by atoms with E-state index in [9.17, 15) is 9.70 Å². The first-order valence-corrected chi connectivity index (χ1v) is 6.01. The molecule has 1 aromatic rings. The second-order valence-electron chi connectivity index (χ2n) is 3.92. The van der Waals surface area contributed by atoms with Gasteiger partial charge in [0.1, 0.15) is 12.3 Å². The normalized spacial score (nSPS) is 9.70. The highest BCUT2D eigenvalue weighted by atomic mass is 16.5. The van der Waals surface area contributed by atoms with Crippen molar-refractivity contribution in [2.45, 2.75) is 19.4 Å². The van der Waals surface area contributed by atoms with E-state index in [1.807, 2.05) is 0 Å². The maximum atomic E-state index is 11.4. The minimum absolute atomic E-state index is 0.0442. The molecule has 0 fully saturated rings. The number of hydrogen-bond acceptors (Lipinski definition) is 6. The number of allylic oxidation sites excluding steroid dienone is 1. The second-order valence-corrected chi connectivity index (χ2v) is 3.92. The van der Waals surface area contributed by atoms with E-state index in [1.54, 1.807) is 12.1 Å². The highest BCUT2D eigenvalue weighted by Crippen LogP contribution is 2.35. The molecule has 0 spiro atoms. The number of methoxy groups -OCH3 is 2. The SMILES string of the molecule is C=CCCC(=O)OCc1cc(OC)c(OC)cc1N=O. The Bertz CT molecular complexity index is 499. The van der Waals surface area contributed by atoms with Crippen LogP contribution in [-0.4, -0.2) is 20.2 Å². The van der Waals surface area contributed by atoms with Gasteiger partial charge in [-0.05, 0) is 17.7 Å². The van der Waals surface area contributed by atoms with Crippen molar-refractivity contribution in [3.8, 4) is 11.5 Å². The lowest BCUT2D eigenvalue weighted by molar-refractivity contribution is -0.144. The molecule has 0 amide bonds. The highest BCUT2D eigenvalue weighted by molar-refractivity contribution is 5.69. The number of nitroso groups, excluding NO2 is 1. The van der Waals surface area contributed by atoms with Crippen molar-refractivity contribution in [1.29, 1.82) is 0 Å². The molecule has 0 radical (unpaired) electrons. The van der Waals surface area contributed by atoms with E-state index < -0.39 is 0 Å². The third-order valence-electron chi connectivity index (χ3n) is 2.62. The fraction of sp³-hybridized carbons (Fsp3) is 0.357. The van der Waals surface area contributed by atoms with E-state index in [0.717, 1.165) is 0 Å². The molecule has 6 nitrogen and oxygen atoms in total. The van der Waals surface area contributed by atoms with Gasteiger partial charge < -0.3 is 14.2 Å². The van der Waals surface area contributed by atoms with E-state index in [0.29, 0.717) is 23.5 Å². The van der Waals surface area contributed by atoms with Crippen LogP contribution in [0.1, 0.15) is 18.4 Å². The van der Waals surface area contributed by atoms with Crippen LogP contribution in [0.25, 0.3) is 0 Å². The van der Waals surface area contributed by atoms with E-state index in [1.165, 1.54) is 20.3 Å². The molecule has 0 saturated carbocycles. The molecule has 0 heterocycles. The molecule has 20 heavy (non-hydrogen) atoms. The Hall–Kier alpha value is -2.37. The van der Waals surface area contributed by atoms with Crippen LogP contribution in [0.3, 0.4) is 0 Å². The molecule has 0 N–H and O–H groups in total. The van der Waals surface area contributed by atoms with Gasteiger partial charge in [-0.25, -0.2) is 0 Å². The molecule has 0 aromatic heterocycles. The quantitative estimate of drug-likeness (QED) is 0.415. The first-order valence-electron chi connectivity index (χ1n) is 6.01. The van der Waals surface area contributed by atoms with Gasteiger partial charge in [-0.3, -0.25) is 4.79 Å². The van der Waals surface area contributed by atoms with E-state index >= 15 is 0 Å². The van der Waals surface area contributed by atoms with Gasteiger partial charge in [0, 0.05) is 18.1 Å². The molecular formula is C14H17NO5. The first-order chi connectivity index (χ1) is 9.65. The summed E-state index contributed by atoms with van der Waals surface area (Å²) in [7, 11) is 2.94. The summed E-state index contributed by atoms with van der Waals surface area (Å²) in [5.41, 5.74) is 0.615. The molecule has 0 saturated heterocycles. The molecule has 108 valence electrons. The van der Waals surface area contributed by atoms with Crippen LogP contribution in [-0.2, 0) is 16.1 Å². The average Bonchev–Trinajstić information content (AvgIpc) is 2.49. The fourth-order valence-corrected chi connectivity index (χ4v) is 1.56. The Morgan fingerprint density at radius 1 is 1.30 bits per heavy atom. The number of benzene rings is 1. The van der Waals surface area contributed by atoms with Gasteiger partial charge in [-0.2, -0.15) is 0 Å². The molecule has 0 aliphatic rings. The minimum atomic E-state index is -0.364. The zero-order chi connectivity index (χ0) is 15.0. The molecule has 0 aliphatic heterocycles. The molecule has 0 unspecified atom stereocenters. The topological polar surface area (TPSA) is 74.2 Å². The van der Waals surface area contributed by atoms with Crippen LogP contribution in [0, 0.1) is 4.91 Å². The maximum absolute atomic E-state index is 11.4. The van der Waals surface area contributed by atoms with Crippen molar-refractivity contribution in [2.24, 2.45) is 5.18 Å². The smallest absolute Gasteiger partial charge is 0.306 e. The molecule has 6 heteroatoms. The zero-order valence-corrected chi connectivity index (χ0v) is 11.5. The van der Waals surface area contributed by atoms with Crippen LogP contribution >= 0.6 is 0 Å². The molecule has 0 bridgehead atoms. The van der Waals surface area contributed by atoms with Crippen LogP contribution in [0.2, 0.25) is 0 Å². The Morgan fingerprint density at radius 2 is 1.95 bits per heavy atom. The van der Waals surface area contributed by atoms with Crippen LogP contribution < -0.4 is 9.47 Å². The van der Waals surface area contributed by atoms with Crippen molar-refractivity contribution in [2.75, 3.05) is 14.2 Å². The van der Waals surface area contributed by atoms with Crippen LogP contribution in [0.5, 0.6) is 11.5 Å². The lowest BCUT2D eigenvalue weighted by Gasteiger charge is -2.11. The summed E-state index contributed by atoms with van der Waals surface area (Å²) in [6.07, 6.45) is 2.43. The lowest BCUT2D eigenvalue weighted by atomic mass is 10.1. The largest absolute Gasteiger partial charge is 0.493 e. The van der Waals surface area contributed by atoms with Gasteiger partial charge in [-0.1, -0.05) is 6.08 Å². The van der Waals surface area contributed by atoms with Crippen molar-refractivity contribution < 1.29 is 19.0 Å². The van der Waals surface area contributed by atoms with Crippen molar-refractivity contribution >= 4 is 11.7 Å². The van der Waals surface area contributed by atoms with Gasteiger partial charge in [0.05, 0.1) is 14.2 Å². The summed E-state index contributed by atoms with van der Waals surface area (Å²) in [5.74, 6) is 0.470. The van der Waals surface area contributed by atoms with E-state index in [4.69, 9.17) is 14.2 Å². The Labute approximate surface area is 117 Å². The predicted molar refractivity (Wildman–Crippen MR) is 74.2 cm³/mol. The zero-order valence-electron chi connectivity index (χ0n) is 11.5.